The normalized spacial score (nSPS) is 23.8. The van der Waals surface area contributed by atoms with Gasteiger partial charge >= 0.3 is 0 Å². The summed E-state index contributed by atoms with van der Waals surface area (Å²) in [6.07, 6.45) is 8.46. The lowest BCUT2D eigenvalue weighted by molar-refractivity contribution is 0.0905. The van der Waals surface area contributed by atoms with Crippen molar-refractivity contribution in [1.29, 1.82) is 0 Å². The maximum atomic E-state index is 6.47. The van der Waals surface area contributed by atoms with E-state index in [1.54, 1.807) is 12.4 Å². The summed E-state index contributed by atoms with van der Waals surface area (Å²) >= 11 is 8.32. The van der Waals surface area contributed by atoms with E-state index in [1.165, 1.54) is 0 Å². The highest BCUT2D eigenvalue weighted by Gasteiger charge is 2.27. The SMILES string of the molecule is Clc1cc(NC2CCOCC2)c2[nH]c(C3=N[C@H](CCN4CCNCC4c4cnccn4)CS3)cc2c1. The van der Waals surface area contributed by atoms with Gasteiger partial charge in [-0.1, -0.05) is 11.6 Å². The molecule has 190 valence electrons. The summed E-state index contributed by atoms with van der Waals surface area (Å²) in [4.78, 5) is 20.1. The summed E-state index contributed by atoms with van der Waals surface area (Å²) in [5.74, 6) is 1.01. The van der Waals surface area contributed by atoms with Gasteiger partial charge in [-0.25, -0.2) is 0 Å². The lowest BCUT2D eigenvalue weighted by atomic mass is 10.1. The molecule has 2 aromatic heterocycles. The van der Waals surface area contributed by atoms with Crippen LogP contribution in [0, 0.1) is 0 Å². The van der Waals surface area contributed by atoms with Crippen LogP contribution in [0.2, 0.25) is 5.02 Å². The number of piperazine rings is 1. The van der Waals surface area contributed by atoms with E-state index in [2.05, 4.69) is 36.6 Å². The number of aliphatic imine (C=N–C) groups is 1. The molecule has 6 rings (SSSR count). The van der Waals surface area contributed by atoms with Gasteiger partial charge in [-0.3, -0.25) is 19.9 Å². The van der Waals surface area contributed by atoms with Crippen LogP contribution in [0.4, 0.5) is 5.69 Å². The second-order valence-corrected chi connectivity index (χ2v) is 11.2. The number of ether oxygens (including phenoxy) is 1. The average Bonchev–Trinajstić information content (AvgIpc) is 3.56. The molecule has 0 saturated carbocycles. The molecule has 0 spiro atoms. The molecule has 0 bridgehead atoms. The average molecular weight is 526 g/mol. The van der Waals surface area contributed by atoms with E-state index in [4.69, 9.17) is 21.3 Å². The molecule has 3 aliphatic rings. The van der Waals surface area contributed by atoms with Crippen molar-refractivity contribution in [3.8, 4) is 0 Å². The summed E-state index contributed by atoms with van der Waals surface area (Å²) in [6, 6.07) is 7.23. The third-order valence-corrected chi connectivity index (χ3v) is 8.61. The molecule has 0 amide bonds. The maximum absolute atomic E-state index is 6.47. The molecule has 8 nitrogen and oxygen atoms in total. The first-order chi connectivity index (χ1) is 17.7. The number of halogens is 1. The number of hydrogen-bond acceptors (Lipinski definition) is 8. The number of hydrogen-bond donors (Lipinski definition) is 3. The van der Waals surface area contributed by atoms with Gasteiger partial charge in [0.05, 0.1) is 40.9 Å². The van der Waals surface area contributed by atoms with Crippen LogP contribution < -0.4 is 10.6 Å². The number of thioether (sulfide) groups is 1. The Morgan fingerprint density at radius 3 is 2.97 bits per heavy atom. The van der Waals surface area contributed by atoms with E-state index in [1.807, 2.05) is 30.1 Å². The molecule has 3 N–H and O–H groups in total. The zero-order valence-electron chi connectivity index (χ0n) is 20.3. The van der Waals surface area contributed by atoms with Gasteiger partial charge in [-0.2, -0.15) is 0 Å². The molecular formula is C26H32ClN7OS. The third kappa shape index (κ3) is 5.40. The minimum absolute atomic E-state index is 0.269. The largest absolute Gasteiger partial charge is 0.381 e. The molecule has 2 fully saturated rings. The van der Waals surface area contributed by atoms with Gasteiger partial charge in [-0.15, -0.1) is 11.8 Å². The van der Waals surface area contributed by atoms with Crippen molar-refractivity contribution in [3.63, 3.8) is 0 Å². The zero-order chi connectivity index (χ0) is 24.3. The fraction of sp³-hybridized carbons (Fsp3) is 0.500. The molecule has 36 heavy (non-hydrogen) atoms. The highest BCUT2D eigenvalue weighted by atomic mass is 35.5. The second kappa shape index (κ2) is 11.1. The van der Waals surface area contributed by atoms with E-state index in [-0.39, 0.29) is 6.04 Å². The van der Waals surface area contributed by atoms with Crippen molar-refractivity contribution in [2.24, 2.45) is 4.99 Å². The standard InChI is InChI=1S/C26H32ClN7OS/c27-18-11-17-12-22(33-25(17)21(13-18)31-19-2-9-35-10-3-19)26-32-20(16-36-26)1-7-34-8-6-29-15-24(34)23-14-28-4-5-30-23/h4-5,11-14,19-20,24,29,31,33H,1-3,6-10,15-16H2/t20-,24?/m1/s1. The fourth-order valence-corrected chi connectivity index (χ4v) is 6.62. The highest BCUT2D eigenvalue weighted by Crippen LogP contribution is 2.33. The first-order valence-electron chi connectivity index (χ1n) is 12.8. The van der Waals surface area contributed by atoms with E-state index >= 15 is 0 Å². The van der Waals surface area contributed by atoms with Crippen LogP contribution in [0.25, 0.3) is 10.9 Å². The Hall–Kier alpha value is -2.17. The zero-order valence-corrected chi connectivity index (χ0v) is 21.8. The summed E-state index contributed by atoms with van der Waals surface area (Å²) in [6.45, 7) is 5.55. The van der Waals surface area contributed by atoms with Gasteiger partial charge in [0.25, 0.3) is 0 Å². The fourth-order valence-electron chi connectivity index (χ4n) is 5.31. The Balaban J connectivity index is 1.14. The van der Waals surface area contributed by atoms with E-state index in [9.17, 15) is 0 Å². The molecular weight excluding hydrogens is 494 g/mol. The monoisotopic (exact) mass is 525 g/mol. The molecule has 2 atom stereocenters. The molecule has 0 aliphatic carbocycles. The van der Waals surface area contributed by atoms with Gasteiger partial charge in [0.1, 0.15) is 5.04 Å². The summed E-state index contributed by atoms with van der Waals surface area (Å²) in [5, 5.41) is 10.1. The van der Waals surface area contributed by atoms with Gasteiger partial charge in [0.15, 0.2) is 0 Å². The summed E-state index contributed by atoms with van der Waals surface area (Å²) < 4.78 is 5.51. The van der Waals surface area contributed by atoms with E-state index < -0.39 is 0 Å². The number of aromatic amines is 1. The number of anilines is 1. The number of aromatic nitrogens is 3. The first kappa shape index (κ1) is 24.2. The molecule has 1 aromatic carbocycles. The smallest absolute Gasteiger partial charge is 0.114 e. The maximum Gasteiger partial charge on any atom is 0.114 e. The van der Waals surface area contributed by atoms with Crippen molar-refractivity contribution in [2.75, 3.05) is 50.5 Å². The minimum Gasteiger partial charge on any atom is -0.381 e. The molecule has 1 unspecified atom stereocenters. The van der Waals surface area contributed by atoms with Crippen LogP contribution in [-0.2, 0) is 4.74 Å². The lowest BCUT2D eigenvalue weighted by Gasteiger charge is -2.35. The molecule has 5 heterocycles. The molecule has 10 heteroatoms. The summed E-state index contributed by atoms with van der Waals surface area (Å²) in [5.41, 5.74) is 4.27. The Kier molecular flexibility index (Phi) is 7.43. The van der Waals surface area contributed by atoms with Crippen molar-refractivity contribution in [3.05, 3.63) is 53.2 Å². The quantitative estimate of drug-likeness (QED) is 0.428. The minimum atomic E-state index is 0.269. The number of H-pyrrole nitrogens is 1. The van der Waals surface area contributed by atoms with Gasteiger partial charge in [0, 0.05) is 74.0 Å². The van der Waals surface area contributed by atoms with Crippen molar-refractivity contribution < 1.29 is 4.74 Å². The van der Waals surface area contributed by atoms with Crippen molar-refractivity contribution in [2.45, 2.75) is 37.4 Å². The Labute approximate surface area is 220 Å². The molecule has 3 aromatic rings. The molecule has 3 aliphatic heterocycles. The third-order valence-electron chi connectivity index (χ3n) is 7.25. The molecule has 0 radical (unpaired) electrons. The van der Waals surface area contributed by atoms with E-state index in [0.29, 0.717) is 12.1 Å². The predicted molar refractivity (Wildman–Crippen MR) is 147 cm³/mol. The van der Waals surface area contributed by atoms with Crippen LogP contribution in [-0.4, -0.2) is 82.1 Å². The number of nitrogens with one attached hydrogen (secondary N) is 3. The van der Waals surface area contributed by atoms with Crippen LogP contribution >= 0.6 is 23.4 Å². The lowest BCUT2D eigenvalue weighted by Crippen LogP contribution is -2.47. The number of benzene rings is 1. The van der Waals surface area contributed by atoms with Gasteiger partial charge < -0.3 is 20.4 Å². The summed E-state index contributed by atoms with van der Waals surface area (Å²) in [7, 11) is 0. The molecule has 2 saturated heterocycles. The Morgan fingerprint density at radius 1 is 1.19 bits per heavy atom. The van der Waals surface area contributed by atoms with Crippen LogP contribution in [0.3, 0.4) is 0 Å². The van der Waals surface area contributed by atoms with Gasteiger partial charge in [-0.05, 0) is 37.5 Å². The predicted octanol–water partition coefficient (Wildman–Crippen LogP) is 4.10. The number of nitrogens with zero attached hydrogens (tertiary/aromatic N) is 4. The number of fused-ring (bicyclic) bond motifs is 1. The topological polar surface area (TPSA) is 90.5 Å². The second-order valence-electron chi connectivity index (χ2n) is 9.71. The van der Waals surface area contributed by atoms with Crippen LogP contribution in [0.5, 0.6) is 0 Å². The van der Waals surface area contributed by atoms with Crippen molar-refractivity contribution in [1.82, 2.24) is 25.2 Å². The highest BCUT2D eigenvalue weighted by molar-refractivity contribution is 8.14. The van der Waals surface area contributed by atoms with Crippen LogP contribution in [0.1, 0.15) is 36.7 Å². The number of rotatable bonds is 7. The van der Waals surface area contributed by atoms with Gasteiger partial charge in [0.2, 0.25) is 0 Å². The van der Waals surface area contributed by atoms with Crippen molar-refractivity contribution >= 4 is 45.0 Å². The van der Waals surface area contributed by atoms with Crippen LogP contribution in [0.15, 0.2) is 41.8 Å². The first-order valence-corrected chi connectivity index (χ1v) is 14.2. The Morgan fingerprint density at radius 2 is 2.11 bits per heavy atom. The van der Waals surface area contributed by atoms with E-state index in [0.717, 1.165) is 102 Å². The Bertz CT molecular complexity index is 1210.